The first-order valence-corrected chi connectivity index (χ1v) is 2.55. The first-order valence-electron chi connectivity index (χ1n) is 2.55. The van der Waals surface area contributed by atoms with Crippen LogP contribution in [0.2, 0.25) is 0 Å². The minimum absolute atomic E-state index is 0.612. The predicted octanol–water partition coefficient (Wildman–Crippen LogP) is 1.74. The third-order valence-corrected chi connectivity index (χ3v) is 1.04. The van der Waals surface area contributed by atoms with Crippen LogP contribution < -0.4 is 0 Å². The maximum Gasteiger partial charge on any atom is -0.0152 e. The number of rotatable bonds is 0. The molecule has 1 unspecified atom stereocenters. The normalized spacial score (nSPS) is 28.4. The summed E-state index contributed by atoms with van der Waals surface area (Å²) in [6.45, 7) is 2.15. The monoisotopic (exact) mass is 92.1 g/mol. The summed E-state index contributed by atoms with van der Waals surface area (Å²) in [6.07, 6.45) is 11.1. The average molecular weight is 92.1 g/mol. The van der Waals surface area contributed by atoms with Gasteiger partial charge in [0.2, 0.25) is 0 Å². The Bertz CT molecular complexity index is 98.6. The predicted molar refractivity (Wildman–Crippen MR) is 29.4 cm³/mol. The van der Waals surface area contributed by atoms with Gasteiger partial charge in [-0.2, -0.15) is 0 Å². The molecule has 1 rings (SSSR count). The van der Waals surface area contributed by atoms with E-state index in [1.54, 1.807) is 0 Å². The van der Waals surface area contributed by atoms with Gasteiger partial charge in [-0.15, -0.1) is 0 Å². The molecule has 1 aliphatic carbocycles. The van der Waals surface area contributed by atoms with E-state index in [9.17, 15) is 0 Å². The molecule has 1 atom stereocenters. The van der Waals surface area contributed by atoms with E-state index in [0.29, 0.717) is 5.92 Å². The summed E-state index contributed by atoms with van der Waals surface area (Å²) >= 11 is 0. The topological polar surface area (TPSA) is 0 Å². The van der Waals surface area contributed by atoms with Crippen molar-refractivity contribution in [1.82, 2.24) is 0 Å². The first kappa shape index (κ1) is 4.63. The molecule has 2 radical (unpaired) electrons. The van der Waals surface area contributed by atoms with Crippen LogP contribution in [0.15, 0.2) is 12.2 Å². The van der Waals surface area contributed by atoms with E-state index in [4.69, 9.17) is 0 Å². The van der Waals surface area contributed by atoms with Crippen molar-refractivity contribution < 1.29 is 0 Å². The van der Waals surface area contributed by atoms with Crippen LogP contribution in [0.4, 0.5) is 0 Å². The molecule has 0 amide bonds. The lowest BCUT2D eigenvalue weighted by Crippen LogP contribution is -1.89. The van der Waals surface area contributed by atoms with Crippen LogP contribution in [0.5, 0.6) is 0 Å². The lowest BCUT2D eigenvalue weighted by molar-refractivity contribution is 0.712. The third-order valence-electron chi connectivity index (χ3n) is 1.04. The highest BCUT2D eigenvalue weighted by Gasteiger charge is 1.94. The van der Waals surface area contributed by atoms with Crippen molar-refractivity contribution >= 4 is 0 Å². The van der Waals surface area contributed by atoms with Crippen LogP contribution in [0, 0.1) is 18.1 Å². The average Bonchev–Trinajstić information content (AvgIpc) is 1.69. The number of hydrogen-bond donors (Lipinski definition) is 0. The summed E-state index contributed by atoms with van der Waals surface area (Å²) in [5, 5.41) is 0. The molecule has 0 bridgehead atoms. The molecule has 0 heteroatoms. The zero-order chi connectivity index (χ0) is 5.11. The Balaban J connectivity index is 2.49. The Morgan fingerprint density at radius 2 is 2.57 bits per heavy atom. The minimum Gasteiger partial charge on any atom is -0.0761 e. The fourth-order valence-corrected chi connectivity index (χ4v) is 0.562. The van der Waals surface area contributed by atoms with Gasteiger partial charge in [-0.3, -0.25) is 0 Å². The van der Waals surface area contributed by atoms with E-state index in [0.717, 1.165) is 6.42 Å². The number of allylic oxidation sites excluding steroid dienone is 4. The van der Waals surface area contributed by atoms with Gasteiger partial charge in [0.1, 0.15) is 0 Å². The lowest BCUT2D eigenvalue weighted by Gasteiger charge is -2.00. The lowest BCUT2D eigenvalue weighted by atomic mass is 10.0. The third kappa shape index (κ3) is 1.19. The molecule has 1 aliphatic rings. The largest absolute Gasteiger partial charge is 0.0761 e. The van der Waals surface area contributed by atoms with Crippen LogP contribution in [-0.4, -0.2) is 0 Å². The minimum atomic E-state index is 0.612. The zero-order valence-corrected chi connectivity index (χ0v) is 4.44. The quantitative estimate of drug-likeness (QED) is 0.427. The van der Waals surface area contributed by atoms with Crippen molar-refractivity contribution in [2.45, 2.75) is 13.3 Å². The van der Waals surface area contributed by atoms with Crippen LogP contribution in [0.1, 0.15) is 13.3 Å². The van der Waals surface area contributed by atoms with E-state index < -0.39 is 0 Å². The van der Waals surface area contributed by atoms with Gasteiger partial charge in [0.25, 0.3) is 0 Å². The van der Waals surface area contributed by atoms with Crippen molar-refractivity contribution in [3.63, 3.8) is 0 Å². The highest BCUT2D eigenvalue weighted by Crippen LogP contribution is 2.06. The molecular formula is C7H8. The van der Waals surface area contributed by atoms with Crippen LogP contribution in [-0.2, 0) is 0 Å². The molecule has 0 aromatic heterocycles. The van der Waals surface area contributed by atoms with Crippen molar-refractivity contribution in [3.05, 3.63) is 24.3 Å². The fourth-order valence-electron chi connectivity index (χ4n) is 0.562. The molecule has 0 N–H and O–H groups in total. The molecule has 0 aromatic rings. The molecular weight excluding hydrogens is 84.1 g/mol. The second kappa shape index (κ2) is 1.97. The SMILES string of the molecule is CC1[C]=C[C]=CC1. The van der Waals surface area contributed by atoms with Crippen molar-refractivity contribution in [2.24, 2.45) is 5.92 Å². The summed E-state index contributed by atoms with van der Waals surface area (Å²) < 4.78 is 0. The highest BCUT2D eigenvalue weighted by molar-refractivity contribution is 4.99. The first-order chi connectivity index (χ1) is 3.39. The Morgan fingerprint density at radius 3 is 2.86 bits per heavy atom. The molecule has 0 nitrogen and oxygen atoms in total. The molecule has 0 spiro atoms. The van der Waals surface area contributed by atoms with Crippen molar-refractivity contribution in [2.75, 3.05) is 0 Å². The van der Waals surface area contributed by atoms with Crippen LogP contribution in [0.3, 0.4) is 0 Å². The van der Waals surface area contributed by atoms with Gasteiger partial charge in [-0.05, 0) is 24.5 Å². The van der Waals surface area contributed by atoms with Crippen LogP contribution in [0.25, 0.3) is 0 Å². The maximum atomic E-state index is 3.11. The smallest absolute Gasteiger partial charge is 0.0152 e. The molecule has 0 aromatic carbocycles. The molecule has 0 saturated heterocycles. The molecule has 0 heterocycles. The highest BCUT2D eigenvalue weighted by atomic mass is 14.0. The second-order valence-electron chi connectivity index (χ2n) is 1.82. The van der Waals surface area contributed by atoms with Gasteiger partial charge in [0, 0.05) is 0 Å². The van der Waals surface area contributed by atoms with Crippen molar-refractivity contribution in [3.8, 4) is 0 Å². The van der Waals surface area contributed by atoms with Gasteiger partial charge < -0.3 is 0 Å². The molecule has 36 valence electrons. The maximum absolute atomic E-state index is 3.11. The van der Waals surface area contributed by atoms with E-state index in [1.807, 2.05) is 12.2 Å². The van der Waals surface area contributed by atoms with E-state index in [2.05, 4.69) is 19.1 Å². The Kier molecular flexibility index (Phi) is 1.30. The Morgan fingerprint density at radius 1 is 1.71 bits per heavy atom. The molecule has 0 fully saturated rings. The molecule has 0 saturated carbocycles. The van der Waals surface area contributed by atoms with Gasteiger partial charge >= 0.3 is 0 Å². The summed E-state index contributed by atoms with van der Waals surface area (Å²) in [4.78, 5) is 0. The fraction of sp³-hybridized carbons (Fsp3) is 0.429. The second-order valence-corrected chi connectivity index (χ2v) is 1.82. The van der Waals surface area contributed by atoms with Gasteiger partial charge in [0.05, 0.1) is 0 Å². The standard InChI is InChI=1S/C7H8/c1-7-5-3-2-4-6-7/h3-4,7H,5H2,1H3. The van der Waals surface area contributed by atoms with Gasteiger partial charge in [-0.1, -0.05) is 19.1 Å². The van der Waals surface area contributed by atoms with E-state index in [-0.39, 0.29) is 0 Å². The van der Waals surface area contributed by atoms with Gasteiger partial charge in [-0.25, -0.2) is 0 Å². The summed E-state index contributed by atoms with van der Waals surface area (Å²) in [6, 6.07) is 0. The Labute approximate surface area is 44.5 Å². The Hall–Kier alpha value is -0.520. The number of hydrogen-bond acceptors (Lipinski definition) is 0. The van der Waals surface area contributed by atoms with Crippen LogP contribution >= 0.6 is 0 Å². The zero-order valence-electron chi connectivity index (χ0n) is 4.44. The summed E-state index contributed by atoms with van der Waals surface area (Å²) in [5.74, 6) is 0.612. The summed E-state index contributed by atoms with van der Waals surface area (Å²) in [5.41, 5.74) is 0. The van der Waals surface area contributed by atoms with E-state index in [1.165, 1.54) is 0 Å². The molecule has 0 aliphatic heterocycles. The molecule has 7 heavy (non-hydrogen) atoms. The van der Waals surface area contributed by atoms with E-state index >= 15 is 0 Å². The van der Waals surface area contributed by atoms with Crippen molar-refractivity contribution in [1.29, 1.82) is 0 Å². The summed E-state index contributed by atoms with van der Waals surface area (Å²) in [7, 11) is 0. The van der Waals surface area contributed by atoms with Gasteiger partial charge in [0.15, 0.2) is 0 Å².